The molecule has 20 heavy (non-hydrogen) atoms. The van der Waals surface area contributed by atoms with Gasteiger partial charge in [-0.1, -0.05) is 19.1 Å². The lowest BCUT2D eigenvalue weighted by atomic mass is 10.0. The molecule has 2 rings (SSSR count). The van der Waals surface area contributed by atoms with Gasteiger partial charge >= 0.3 is 5.97 Å². The number of hydrogen-bond acceptors (Lipinski definition) is 3. The Hall–Kier alpha value is -1.65. The number of hydrogen-bond donors (Lipinski definition) is 1. The van der Waals surface area contributed by atoms with Crippen LogP contribution >= 0.6 is 11.3 Å². The van der Waals surface area contributed by atoms with Crippen molar-refractivity contribution in [1.29, 1.82) is 0 Å². The van der Waals surface area contributed by atoms with Gasteiger partial charge in [-0.05, 0) is 48.2 Å². The molecule has 1 aromatic carbocycles. The third-order valence-electron chi connectivity index (χ3n) is 3.39. The fourth-order valence-corrected chi connectivity index (χ4v) is 2.90. The normalized spacial score (nSPS) is 10.9. The molecule has 106 valence electrons. The van der Waals surface area contributed by atoms with Crippen LogP contribution in [0.3, 0.4) is 0 Å². The van der Waals surface area contributed by atoms with E-state index in [0.29, 0.717) is 5.56 Å². The molecule has 0 radical (unpaired) electrons. The summed E-state index contributed by atoms with van der Waals surface area (Å²) in [4.78, 5) is 14.7. The lowest BCUT2D eigenvalue weighted by Gasteiger charge is -2.21. The first-order valence-electron chi connectivity index (χ1n) is 6.67. The van der Waals surface area contributed by atoms with Gasteiger partial charge in [0.2, 0.25) is 0 Å². The van der Waals surface area contributed by atoms with Gasteiger partial charge in [-0.15, -0.1) is 11.3 Å². The number of thiophene rings is 1. The topological polar surface area (TPSA) is 40.5 Å². The summed E-state index contributed by atoms with van der Waals surface area (Å²) in [5.41, 5.74) is 2.58. The van der Waals surface area contributed by atoms with Crippen LogP contribution in [0.2, 0.25) is 0 Å². The summed E-state index contributed by atoms with van der Waals surface area (Å²) >= 11 is 1.77. The zero-order chi connectivity index (χ0) is 14.5. The Morgan fingerprint density at radius 3 is 2.65 bits per heavy atom. The maximum Gasteiger partial charge on any atom is 0.335 e. The van der Waals surface area contributed by atoms with Gasteiger partial charge in [0.15, 0.2) is 0 Å². The van der Waals surface area contributed by atoms with Gasteiger partial charge in [-0.25, -0.2) is 4.79 Å². The number of aryl methyl sites for hydroxylation is 1. The summed E-state index contributed by atoms with van der Waals surface area (Å²) in [6.45, 7) is 6.88. The summed E-state index contributed by atoms with van der Waals surface area (Å²) in [6, 6.07) is 9.57. The molecular weight excluding hydrogens is 270 g/mol. The number of rotatable bonds is 6. The van der Waals surface area contributed by atoms with Gasteiger partial charge in [0.25, 0.3) is 0 Å². The van der Waals surface area contributed by atoms with Crippen molar-refractivity contribution in [3.8, 4) is 0 Å². The maximum atomic E-state index is 10.9. The van der Waals surface area contributed by atoms with Gasteiger partial charge in [0.05, 0.1) is 5.56 Å². The van der Waals surface area contributed by atoms with Crippen molar-refractivity contribution in [3.05, 3.63) is 57.3 Å². The summed E-state index contributed by atoms with van der Waals surface area (Å²) in [5, 5.41) is 11.1. The fraction of sp³-hybridized carbons (Fsp3) is 0.312. The van der Waals surface area contributed by atoms with Crippen LogP contribution in [0.15, 0.2) is 35.7 Å². The Labute approximate surface area is 123 Å². The van der Waals surface area contributed by atoms with E-state index >= 15 is 0 Å². The molecule has 0 unspecified atom stereocenters. The number of carboxylic acid groups (broad SMARTS) is 1. The van der Waals surface area contributed by atoms with E-state index in [1.165, 1.54) is 10.4 Å². The predicted octanol–water partition coefficient (Wildman–Crippen LogP) is 3.78. The van der Waals surface area contributed by atoms with Crippen molar-refractivity contribution in [2.75, 3.05) is 6.54 Å². The van der Waals surface area contributed by atoms with Gasteiger partial charge in [0, 0.05) is 18.0 Å². The summed E-state index contributed by atoms with van der Waals surface area (Å²) < 4.78 is 0. The Balaban J connectivity index is 2.09. The summed E-state index contributed by atoms with van der Waals surface area (Å²) in [6.07, 6.45) is 0. The lowest BCUT2D eigenvalue weighted by Crippen LogP contribution is -2.22. The molecular formula is C16H19NO2S. The Kier molecular flexibility index (Phi) is 4.93. The van der Waals surface area contributed by atoms with Gasteiger partial charge in [-0.3, -0.25) is 4.90 Å². The number of aromatic carboxylic acids is 1. The first kappa shape index (κ1) is 14.8. The molecule has 1 heterocycles. The largest absolute Gasteiger partial charge is 0.478 e. The van der Waals surface area contributed by atoms with Crippen molar-refractivity contribution in [2.24, 2.45) is 0 Å². The van der Waals surface area contributed by atoms with Crippen molar-refractivity contribution in [2.45, 2.75) is 26.9 Å². The highest BCUT2D eigenvalue weighted by molar-refractivity contribution is 7.09. The molecule has 0 saturated carbocycles. The zero-order valence-corrected chi connectivity index (χ0v) is 12.6. The quantitative estimate of drug-likeness (QED) is 0.880. The van der Waals surface area contributed by atoms with Crippen LogP contribution < -0.4 is 0 Å². The molecule has 0 fully saturated rings. The molecule has 0 amide bonds. The second kappa shape index (κ2) is 6.68. The third kappa shape index (κ3) is 3.68. The molecule has 0 saturated heterocycles. The van der Waals surface area contributed by atoms with E-state index in [4.69, 9.17) is 5.11 Å². The monoisotopic (exact) mass is 289 g/mol. The van der Waals surface area contributed by atoms with E-state index in [-0.39, 0.29) is 0 Å². The van der Waals surface area contributed by atoms with Crippen LogP contribution in [0.4, 0.5) is 0 Å². The SMILES string of the molecule is CCN(Cc1cccs1)Cc1ccc(C(=O)O)cc1C. The second-order valence-corrected chi connectivity index (χ2v) is 5.86. The molecule has 0 bridgehead atoms. The minimum atomic E-state index is -0.870. The standard InChI is InChI=1S/C16H19NO2S/c1-3-17(11-15-5-4-8-20-15)10-14-7-6-13(16(18)19)9-12(14)2/h4-9H,3,10-11H2,1-2H3,(H,18,19). The molecule has 2 aromatic rings. The second-order valence-electron chi connectivity index (χ2n) is 4.83. The molecule has 0 aliphatic heterocycles. The zero-order valence-electron chi connectivity index (χ0n) is 11.8. The highest BCUT2D eigenvalue weighted by atomic mass is 32.1. The molecule has 1 aromatic heterocycles. The van der Waals surface area contributed by atoms with Gasteiger partial charge in [-0.2, -0.15) is 0 Å². The molecule has 0 aliphatic carbocycles. The third-order valence-corrected chi connectivity index (χ3v) is 4.25. The van der Waals surface area contributed by atoms with Crippen LogP contribution in [0.5, 0.6) is 0 Å². The minimum absolute atomic E-state index is 0.354. The van der Waals surface area contributed by atoms with E-state index in [1.54, 1.807) is 23.5 Å². The van der Waals surface area contributed by atoms with Crippen LogP contribution in [-0.4, -0.2) is 22.5 Å². The Morgan fingerprint density at radius 1 is 1.30 bits per heavy atom. The first-order valence-corrected chi connectivity index (χ1v) is 7.55. The number of carboxylic acids is 1. The molecule has 3 nitrogen and oxygen atoms in total. The molecule has 0 spiro atoms. The molecule has 4 heteroatoms. The number of benzene rings is 1. The van der Waals surface area contributed by atoms with E-state index < -0.39 is 5.97 Å². The molecule has 0 atom stereocenters. The van der Waals surface area contributed by atoms with Crippen molar-refractivity contribution in [3.63, 3.8) is 0 Å². The first-order chi connectivity index (χ1) is 9.60. The van der Waals surface area contributed by atoms with Crippen LogP contribution in [-0.2, 0) is 13.1 Å². The molecule has 1 N–H and O–H groups in total. The lowest BCUT2D eigenvalue weighted by molar-refractivity contribution is 0.0696. The predicted molar refractivity (Wildman–Crippen MR) is 82.2 cm³/mol. The smallest absolute Gasteiger partial charge is 0.335 e. The molecule has 0 aliphatic rings. The van der Waals surface area contributed by atoms with Crippen LogP contribution in [0.25, 0.3) is 0 Å². The van der Waals surface area contributed by atoms with Gasteiger partial charge in [0.1, 0.15) is 0 Å². The van der Waals surface area contributed by atoms with E-state index in [2.05, 4.69) is 29.3 Å². The van der Waals surface area contributed by atoms with Gasteiger partial charge < -0.3 is 5.11 Å². The number of carbonyl (C=O) groups is 1. The highest BCUT2D eigenvalue weighted by Gasteiger charge is 2.10. The van der Waals surface area contributed by atoms with Crippen molar-refractivity contribution in [1.82, 2.24) is 4.90 Å². The van der Waals surface area contributed by atoms with Crippen LogP contribution in [0.1, 0.15) is 33.3 Å². The highest BCUT2D eigenvalue weighted by Crippen LogP contribution is 2.17. The van der Waals surface area contributed by atoms with E-state index in [1.807, 2.05) is 13.0 Å². The van der Waals surface area contributed by atoms with Crippen LogP contribution in [0, 0.1) is 6.92 Å². The number of nitrogens with zero attached hydrogens (tertiary/aromatic N) is 1. The average molecular weight is 289 g/mol. The Bertz CT molecular complexity index is 578. The van der Waals surface area contributed by atoms with E-state index in [0.717, 1.165) is 25.2 Å². The Morgan fingerprint density at radius 2 is 2.10 bits per heavy atom. The fourth-order valence-electron chi connectivity index (χ4n) is 2.15. The maximum absolute atomic E-state index is 10.9. The van der Waals surface area contributed by atoms with E-state index in [9.17, 15) is 4.79 Å². The van der Waals surface area contributed by atoms with Crippen molar-refractivity contribution < 1.29 is 9.90 Å². The summed E-state index contributed by atoms with van der Waals surface area (Å²) in [7, 11) is 0. The summed E-state index contributed by atoms with van der Waals surface area (Å²) in [5.74, 6) is -0.870. The average Bonchev–Trinajstić information content (AvgIpc) is 2.92. The van der Waals surface area contributed by atoms with Crippen molar-refractivity contribution >= 4 is 17.3 Å². The minimum Gasteiger partial charge on any atom is -0.478 e.